The first-order valence-corrected chi connectivity index (χ1v) is 5.45. The van der Waals surface area contributed by atoms with Gasteiger partial charge in [-0.05, 0) is 6.42 Å². The van der Waals surface area contributed by atoms with Crippen LogP contribution in [0.3, 0.4) is 0 Å². The Morgan fingerprint density at radius 1 is 1.69 bits per heavy atom. The summed E-state index contributed by atoms with van der Waals surface area (Å²) in [6.45, 7) is 1.93. The Kier molecular flexibility index (Phi) is 3.76. The minimum atomic E-state index is -0.137. The fraction of sp³-hybridized carbons (Fsp3) is 0.600. The summed E-state index contributed by atoms with van der Waals surface area (Å²) in [6.07, 6.45) is 5.07. The van der Waals surface area contributed by atoms with Gasteiger partial charge in [0.2, 0.25) is 0 Å². The van der Waals surface area contributed by atoms with Gasteiger partial charge in [0.05, 0.1) is 12.6 Å². The van der Waals surface area contributed by atoms with Crippen LogP contribution in [0.15, 0.2) is 12.4 Å². The van der Waals surface area contributed by atoms with Crippen LogP contribution in [-0.4, -0.2) is 41.8 Å². The fourth-order valence-electron chi connectivity index (χ4n) is 1.61. The number of carbonyl (C=O) groups is 1. The molecule has 0 spiro atoms. The SMILES string of the molecule is O=C(NCCc1ncc[nH]1)NC1CCOC1. The fourth-order valence-corrected chi connectivity index (χ4v) is 1.61. The van der Waals surface area contributed by atoms with Gasteiger partial charge in [0.1, 0.15) is 5.82 Å². The lowest BCUT2D eigenvalue weighted by Crippen LogP contribution is -2.43. The van der Waals surface area contributed by atoms with E-state index in [0.717, 1.165) is 18.9 Å². The third-order valence-corrected chi connectivity index (χ3v) is 2.47. The van der Waals surface area contributed by atoms with E-state index in [4.69, 9.17) is 4.74 Å². The maximum Gasteiger partial charge on any atom is 0.315 e. The van der Waals surface area contributed by atoms with Crippen LogP contribution in [0.2, 0.25) is 0 Å². The van der Waals surface area contributed by atoms with Gasteiger partial charge >= 0.3 is 6.03 Å². The number of H-pyrrole nitrogens is 1. The molecule has 1 saturated heterocycles. The molecule has 6 nitrogen and oxygen atoms in total. The largest absolute Gasteiger partial charge is 0.379 e. The molecule has 1 aliphatic rings. The smallest absolute Gasteiger partial charge is 0.315 e. The number of hydrogen-bond donors (Lipinski definition) is 3. The standard InChI is InChI=1S/C10H16N4O2/c15-10(14-8-2-6-16-7-8)13-3-1-9-11-4-5-12-9/h4-5,8H,1-3,6-7H2,(H,11,12)(H2,13,14,15). The summed E-state index contributed by atoms with van der Waals surface area (Å²) in [4.78, 5) is 18.5. The monoisotopic (exact) mass is 224 g/mol. The van der Waals surface area contributed by atoms with Gasteiger partial charge in [0.25, 0.3) is 0 Å². The van der Waals surface area contributed by atoms with Crippen molar-refractivity contribution in [2.75, 3.05) is 19.8 Å². The zero-order chi connectivity index (χ0) is 11.2. The summed E-state index contributed by atoms with van der Waals surface area (Å²) >= 11 is 0. The van der Waals surface area contributed by atoms with Crippen molar-refractivity contribution >= 4 is 6.03 Å². The molecule has 0 radical (unpaired) electrons. The molecule has 2 amide bonds. The number of imidazole rings is 1. The van der Waals surface area contributed by atoms with Gasteiger partial charge < -0.3 is 20.4 Å². The Morgan fingerprint density at radius 2 is 2.62 bits per heavy atom. The normalized spacial score (nSPS) is 19.6. The lowest BCUT2D eigenvalue weighted by Gasteiger charge is -2.11. The molecule has 2 heterocycles. The molecule has 1 aliphatic heterocycles. The molecule has 16 heavy (non-hydrogen) atoms. The number of aromatic nitrogens is 2. The van der Waals surface area contributed by atoms with Gasteiger partial charge in [0.15, 0.2) is 0 Å². The van der Waals surface area contributed by atoms with E-state index in [-0.39, 0.29) is 12.1 Å². The zero-order valence-corrected chi connectivity index (χ0v) is 9.03. The summed E-state index contributed by atoms with van der Waals surface area (Å²) in [6, 6.07) is 0.0191. The Labute approximate surface area is 93.8 Å². The van der Waals surface area contributed by atoms with Crippen LogP contribution in [0.25, 0.3) is 0 Å². The highest BCUT2D eigenvalue weighted by Crippen LogP contribution is 2.02. The highest BCUT2D eigenvalue weighted by atomic mass is 16.5. The number of nitrogens with zero attached hydrogens (tertiary/aromatic N) is 1. The van der Waals surface area contributed by atoms with Crippen molar-refractivity contribution in [2.24, 2.45) is 0 Å². The van der Waals surface area contributed by atoms with E-state index < -0.39 is 0 Å². The van der Waals surface area contributed by atoms with Crippen LogP contribution >= 0.6 is 0 Å². The Balaban J connectivity index is 1.60. The van der Waals surface area contributed by atoms with Crippen molar-refractivity contribution in [3.8, 4) is 0 Å². The molecule has 2 rings (SSSR count). The van der Waals surface area contributed by atoms with Gasteiger partial charge in [-0.3, -0.25) is 0 Å². The summed E-state index contributed by atoms with van der Waals surface area (Å²) in [5.74, 6) is 0.879. The molecule has 0 bridgehead atoms. The van der Waals surface area contributed by atoms with Crippen molar-refractivity contribution in [2.45, 2.75) is 18.9 Å². The summed E-state index contributed by atoms with van der Waals surface area (Å²) in [5, 5.41) is 5.64. The number of hydrogen-bond acceptors (Lipinski definition) is 3. The summed E-state index contributed by atoms with van der Waals surface area (Å²) < 4.78 is 5.16. The Hall–Kier alpha value is -1.56. The van der Waals surface area contributed by atoms with Crippen LogP contribution in [0.5, 0.6) is 0 Å². The van der Waals surface area contributed by atoms with Crippen LogP contribution < -0.4 is 10.6 Å². The average Bonchev–Trinajstić information content (AvgIpc) is 2.90. The van der Waals surface area contributed by atoms with E-state index in [9.17, 15) is 4.79 Å². The molecule has 0 aliphatic carbocycles. The molecule has 0 aromatic carbocycles. The van der Waals surface area contributed by atoms with Crippen LogP contribution in [0.1, 0.15) is 12.2 Å². The Morgan fingerprint density at radius 3 is 3.31 bits per heavy atom. The van der Waals surface area contributed by atoms with Crippen LogP contribution in [0.4, 0.5) is 4.79 Å². The van der Waals surface area contributed by atoms with Crippen LogP contribution in [0, 0.1) is 0 Å². The predicted molar refractivity (Wildman–Crippen MR) is 58.1 cm³/mol. The Bertz CT molecular complexity index is 320. The van der Waals surface area contributed by atoms with Crippen LogP contribution in [-0.2, 0) is 11.2 Å². The second-order valence-electron chi connectivity index (χ2n) is 3.75. The molecule has 1 aromatic heterocycles. The van der Waals surface area contributed by atoms with Gasteiger partial charge in [-0.15, -0.1) is 0 Å². The van der Waals surface area contributed by atoms with E-state index in [2.05, 4.69) is 20.6 Å². The lowest BCUT2D eigenvalue weighted by molar-refractivity contribution is 0.188. The van der Waals surface area contributed by atoms with E-state index >= 15 is 0 Å². The van der Waals surface area contributed by atoms with E-state index in [0.29, 0.717) is 19.6 Å². The number of ether oxygens (including phenoxy) is 1. The summed E-state index contributed by atoms with van der Waals surface area (Å²) in [7, 11) is 0. The molecular formula is C10H16N4O2. The maximum atomic E-state index is 11.4. The van der Waals surface area contributed by atoms with E-state index in [1.807, 2.05) is 0 Å². The number of aromatic amines is 1. The first-order valence-electron chi connectivity index (χ1n) is 5.45. The van der Waals surface area contributed by atoms with Crippen molar-refractivity contribution in [3.63, 3.8) is 0 Å². The quantitative estimate of drug-likeness (QED) is 0.675. The highest BCUT2D eigenvalue weighted by molar-refractivity contribution is 5.74. The molecular weight excluding hydrogens is 208 g/mol. The molecule has 3 N–H and O–H groups in total. The van der Waals surface area contributed by atoms with Gasteiger partial charge in [-0.1, -0.05) is 0 Å². The molecule has 1 atom stereocenters. The predicted octanol–water partition coefficient (Wildman–Crippen LogP) is 0.0403. The zero-order valence-electron chi connectivity index (χ0n) is 9.03. The number of nitrogens with one attached hydrogen (secondary N) is 3. The highest BCUT2D eigenvalue weighted by Gasteiger charge is 2.17. The molecule has 1 aromatic rings. The third-order valence-electron chi connectivity index (χ3n) is 2.47. The molecule has 0 saturated carbocycles. The van der Waals surface area contributed by atoms with Crippen molar-refractivity contribution < 1.29 is 9.53 Å². The number of amides is 2. The summed E-state index contributed by atoms with van der Waals surface area (Å²) in [5.41, 5.74) is 0. The van der Waals surface area contributed by atoms with E-state index in [1.54, 1.807) is 12.4 Å². The van der Waals surface area contributed by atoms with Crippen molar-refractivity contribution in [1.82, 2.24) is 20.6 Å². The van der Waals surface area contributed by atoms with Gasteiger partial charge in [0, 0.05) is 32.0 Å². The van der Waals surface area contributed by atoms with Gasteiger partial charge in [-0.2, -0.15) is 0 Å². The van der Waals surface area contributed by atoms with Crippen molar-refractivity contribution in [3.05, 3.63) is 18.2 Å². The molecule has 1 fully saturated rings. The first kappa shape index (κ1) is 10.9. The van der Waals surface area contributed by atoms with Crippen molar-refractivity contribution in [1.29, 1.82) is 0 Å². The first-order chi connectivity index (χ1) is 7.84. The number of urea groups is 1. The number of carbonyl (C=O) groups excluding carboxylic acids is 1. The minimum Gasteiger partial charge on any atom is -0.379 e. The average molecular weight is 224 g/mol. The number of rotatable bonds is 4. The maximum absolute atomic E-state index is 11.4. The molecule has 6 heteroatoms. The third kappa shape index (κ3) is 3.23. The molecule has 88 valence electrons. The second-order valence-corrected chi connectivity index (χ2v) is 3.75. The topological polar surface area (TPSA) is 79.0 Å². The van der Waals surface area contributed by atoms with E-state index in [1.165, 1.54) is 0 Å². The lowest BCUT2D eigenvalue weighted by atomic mass is 10.3. The molecule has 1 unspecified atom stereocenters. The minimum absolute atomic E-state index is 0.137. The van der Waals surface area contributed by atoms with Gasteiger partial charge in [-0.25, -0.2) is 9.78 Å². The second kappa shape index (κ2) is 5.50.